The average molecular weight is 254 g/mol. The number of benzene rings is 1. The Labute approximate surface area is 113 Å². The monoisotopic (exact) mass is 254 g/mol. The van der Waals surface area contributed by atoms with Crippen LogP contribution in [0.25, 0.3) is 0 Å². The molecule has 0 aliphatic rings. The third kappa shape index (κ3) is 3.88. The van der Waals surface area contributed by atoms with Crippen LogP contribution in [0.15, 0.2) is 35.4 Å². The molecule has 0 saturated heterocycles. The van der Waals surface area contributed by atoms with E-state index in [4.69, 9.17) is 0 Å². The predicted octanol–water partition coefficient (Wildman–Crippen LogP) is 3.10. The molecule has 4 heteroatoms. The zero-order chi connectivity index (χ0) is 13.7. The minimum atomic E-state index is 0.527. The van der Waals surface area contributed by atoms with Gasteiger partial charge >= 0.3 is 0 Å². The van der Waals surface area contributed by atoms with Gasteiger partial charge in [0.15, 0.2) is 0 Å². The Kier molecular flexibility index (Phi) is 4.23. The van der Waals surface area contributed by atoms with Crippen LogP contribution in [-0.2, 0) is 6.42 Å². The van der Waals surface area contributed by atoms with Gasteiger partial charge in [-0.25, -0.2) is 15.4 Å². The molecule has 2 aromatic rings. The normalized spacial score (nSPS) is 10.9. The fourth-order valence-electron chi connectivity index (χ4n) is 1.78. The van der Waals surface area contributed by atoms with Gasteiger partial charge in [-0.15, -0.1) is 0 Å². The Morgan fingerprint density at radius 2 is 1.74 bits per heavy atom. The number of aromatic nitrogens is 2. The lowest BCUT2D eigenvalue weighted by Gasteiger charge is -2.01. The van der Waals surface area contributed by atoms with Crippen LogP contribution in [0.2, 0.25) is 0 Å². The van der Waals surface area contributed by atoms with Crippen molar-refractivity contribution < 1.29 is 0 Å². The highest BCUT2D eigenvalue weighted by Crippen LogP contribution is 2.05. The van der Waals surface area contributed by atoms with Crippen molar-refractivity contribution >= 4 is 12.2 Å². The maximum atomic E-state index is 4.26. The zero-order valence-electron chi connectivity index (χ0n) is 11.5. The summed E-state index contributed by atoms with van der Waals surface area (Å²) in [5.41, 5.74) is 7.08. The summed E-state index contributed by atoms with van der Waals surface area (Å²) in [6, 6.07) is 10.2. The Morgan fingerprint density at radius 1 is 1.11 bits per heavy atom. The van der Waals surface area contributed by atoms with Crippen molar-refractivity contribution in [3.63, 3.8) is 0 Å². The van der Waals surface area contributed by atoms with Crippen LogP contribution < -0.4 is 5.43 Å². The summed E-state index contributed by atoms with van der Waals surface area (Å²) < 4.78 is 0. The van der Waals surface area contributed by atoms with E-state index in [0.29, 0.717) is 5.95 Å². The molecule has 0 aliphatic heterocycles. The van der Waals surface area contributed by atoms with E-state index in [1.807, 2.05) is 32.0 Å². The number of aryl methyl sites for hydroxylation is 3. The van der Waals surface area contributed by atoms with Crippen molar-refractivity contribution in [3.05, 3.63) is 52.8 Å². The second-order valence-corrected chi connectivity index (χ2v) is 4.44. The molecule has 1 aromatic carbocycles. The lowest BCUT2D eigenvalue weighted by Crippen LogP contribution is -1.99. The van der Waals surface area contributed by atoms with E-state index >= 15 is 0 Å². The van der Waals surface area contributed by atoms with E-state index < -0.39 is 0 Å². The molecule has 0 fully saturated rings. The topological polar surface area (TPSA) is 50.2 Å². The van der Waals surface area contributed by atoms with Crippen molar-refractivity contribution in [3.8, 4) is 0 Å². The lowest BCUT2D eigenvalue weighted by atomic mass is 10.1. The molecule has 0 bridgehead atoms. The van der Waals surface area contributed by atoms with E-state index in [0.717, 1.165) is 23.4 Å². The van der Waals surface area contributed by atoms with Crippen LogP contribution in [0.1, 0.15) is 29.4 Å². The number of rotatable bonds is 4. The van der Waals surface area contributed by atoms with Gasteiger partial charge in [0.2, 0.25) is 5.95 Å². The first kappa shape index (κ1) is 13.2. The predicted molar refractivity (Wildman–Crippen MR) is 78.5 cm³/mol. The SMILES string of the molecule is CCc1ccc(/C=N\Nc2nc(C)cc(C)n2)cc1. The minimum Gasteiger partial charge on any atom is -0.245 e. The summed E-state index contributed by atoms with van der Waals surface area (Å²) >= 11 is 0. The van der Waals surface area contributed by atoms with E-state index in [2.05, 4.69) is 39.6 Å². The van der Waals surface area contributed by atoms with Crippen LogP contribution >= 0.6 is 0 Å². The molecule has 19 heavy (non-hydrogen) atoms. The van der Waals surface area contributed by atoms with Crippen molar-refractivity contribution in [2.24, 2.45) is 5.10 Å². The van der Waals surface area contributed by atoms with Gasteiger partial charge in [-0.05, 0) is 37.5 Å². The summed E-state index contributed by atoms with van der Waals surface area (Å²) in [6.45, 7) is 6.02. The molecule has 1 heterocycles. The fraction of sp³-hybridized carbons (Fsp3) is 0.267. The van der Waals surface area contributed by atoms with Crippen molar-refractivity contribution in [1.29, 1.82) is 0 Å². The number of nitrogens with one attached hydrogen (secondary N) is 1. The molecule has 4 nitrogen and oxygen atoms in total. The third-order valence-electron chi connectivity index (χ3n) is 2.75. The Morgan fingerprint density at radius 3 is 2.32 bits per heavy atom. The molecule has 0 spiro atoms. The first-order valence-electron chi connectivity index (χ1n) is 6.37. The Hall–Kier alpha value is -2.23. The second kappa shape index (κ2) is 6.09. The van der Waals surface area contributed by atoms with Crippen molar-refractivity contribution in [2.45, 2.75) is 27.2 Å². The first-order chi connectivity index (χ1) is 9.17. The van der Waals surface area contributed by atoms with Gasteiger partial charge in [0.25, 0.3) is 0 Å². The highest BCUT2D eigenvalue weighted by molar-refractivity contribution is 5.80. The lowest BCUT2D eigenvalue weighted by molar-refractivity contribution is 1.04. The molecule has 0 amide bonds. The molecule has 0 aliphatic carbocycles. The molecule has 1 aromatic heterocycles. The van der Waals surface area contributed by atoms with Crippen LogP contribution in [0.4, 0.5) is 5.95 Å². The van der Waals surface area contributed by atoms with E-state index in [1.54, 1.807) is 6.21 Å². The van der Waals surface area contributed by atoms with Gasteiger partial charge in [0.1, 0.15) is 0 Å². The van der Waals surface area contributed by atoms with Gasteiger partial charge in [-0.2, -0.15) is 5.10 Å². The number of hydrogen-bond donors (Lipinski definition) is 1. The van der Waals surface area contributed by atoms with Crippen LogP contribution in [0, 0.1) is 13.8 Å². The van der Waals surface area contributed by atoms with E-state index in [9.17, 15) is 0 Å². The maximum absolute atomic E-state index is 4.26. The van der Waals surface area contributed by atoms with Gasteiger partial charge in [0.05, 0.1) is 6.21 Å². The number of nitrogens with zero attached hydrogens (tertiary/aromatic N) is 3. The fourth-order valence-corrected chi connectivity index (χ4v) is 1.78. The summed E-state index contributed by atoms with van der Waals surface area (Å²) in [6.07, 6.45) is 2.81. The summed E-state index contributed by atoms with van der Waals surface area (Å²) in [5.74, 6) is 0.527. The smallest absolute Gasteiger partial charge is 0.243 e. The molecule has 1 N–H and O–H groups in total. The third-order valence-corrected chi connectivity index (χ3v) is 2.75. The van der Waals surface area contributed by atoms with E-state index in [1.165, 1.54) is 5.56 Å². The van der Waals surface area contributed by atoms with Crippen LogP contribution in [0.3, 0.4) is 0 Å². The largest absolute Gasteiger partial charge is 0.245 e. The molecule has 0 atom stereocenters. The molecule has 0 saturated carbocycles. The van der Waals surface area contributed by atoms with Gasteiger partial charge in [-0.3, -0.25) is 0 Å². The summed E-state index contributed by atoms with van der Waals surface area (Å²) in [4.78, 5) is 8.51. The minimum absolute atomic E-state index is 0.527. The maximum Gasteiger partial charge on any atom is 0.243 e. The number of hydrazone groups is 1. The molecule has 98 valence electrons. The molecule has 0 radical (unpaired) electrons. The van der Waals surface area contributed by atoms with E-state index in [-0.39, 0.29) is 0 Å². The molecule has 0 unspecified atom stereocenters. The van der Waals surface area contributed by atoms with Gasteiger partial charge in [0, 0.05) is 11.4 Å². The van der Waals surface area contributed by atoms with Gasteiger partial charge in [-0.1, -0.05) is 31.2 Å². The Bertz CT molecular complexity index is 553. The van der Waals surface area contributed by atoms with Crippen molar-refractivity contribution in [2.75, 3.05) is 5.43 Å². The average Bonchev–Trinajstić information content (AvgIpc) is 2.38. The molecular formula is C15H18N4. The molecule has 2 rings (SSSR count). The summed E-state index contributed by atoms with van der Waals surface area (Å²) in [7, 11) is 0. The standard InChI is InChI=1S/C15H18N4/c1-4-13-5-7-14(8-6-13)10-16-19-15-17-11(2)9-12(3)18-15/h5-10H,4H2,1-3H3,(H,17,18,19)/b16-10-. The first-order valence-corrected chi connectivity index (χ1v) is 6.37. The zero-order valence-corrected chi connectivity index (χ0v) is 11.5. The number of hydrogen-bond acceptors (Lipinski definition) is 4. The summed E-state index contributed by atoms with van der Waals surface area (Å²) in [5, 5.41) is 4.15. The highest BCUT2D eigenvalue weighted by atomic mass is 15.3. The Balaban J connectivity index is 2.02. The quantitative estimate of drug-likeness (QED) is 0.673. The van der Waals surface area contributed by atoms with Crippen LogP contribution in [-0.4, -0.2) is 16.2 Å². The second-order valence-electron chi connectivity index (χ2n) is 4.44. The number of anilines is 1. The van der Waals surface area contributed by atoms with Crippen LogP contribution in [0.5, 0.6) is 0 Å². The van der Waals surface area contributed by atoms with Gasteiger partial charge < -0.3 is 0 Å². The molecular weight excluding hydrogens is 236 g/mol. The highest BCUT2D eigenvalue weighted by Gasteiger charge is 1.96. The van der Waals surface area contributed by atoms with Crippen molar-refractivity contribution in [1.82, 2.24) is 9.97 Å².